The minimum absolute atomic E-state index is 0.266. The first-order chi connectivity index (χ1) is 13.3. The smallest absolute Gasteiger partial charge is 0.163 e. The first-order valence-electron chi connectivity index (χ1n) is 9.98. The van der Waals surface area contributed by atoms with Gasteiger partial charge in [-0.2, -0.15) is 0 Å². The van der Waals surface area contributed by atoms with Crippen LogP contribution in [0.1, 0.15) is 29.6 Å². The summed E-state index contributed by atoms with van der Waals surface area (Å²) in [4.78, 5) is 20.3. The second-order valence-corrected chi connectivity index (χ2v) is 8.00. The highest BCUT2D eigenvalue weighted by atomic mass is 16.1. The van der Waals surface area contributed by atoms with Crippen molar-refractivity contribution in [2.75, 3.05) is 19.6 Å². The highest BCUT2D eigenvalue weighted by Gasteiger charge is 2.35. The molecule has 3 aliphatic heterocycles. The van der Waals surface area contributed by atoms with E-state index in [-0.39, 0.29) is 5.78 Å². The summed E-state index contributed by atoms with van der Waals surface area (Å²) in [7, 11) is 0. The Hall–Kier alpha value is -2.52. The summed E-state index contributed by atoms with van der Waals surface area (Å²) >= 11 is 0. The van der Waals surface area contributed by atoms with Crippen LogP contribution in [0.2, 0.25) is 0 Å². The number of aromatic nitrogens is 1. The molecule has 0 saturated carbocycles. The van der Waals surface area contributed by atoms with Crippen LogP contribution in [0.4, 0.5) is 0 Å². The average Bonchev–Trinajstić information content (AvgIpc) is 2.74. The zero-order chi connectivity index (χ0) is 18.2. The van der Waals surface area contributed by atoms with Gasteiger partial charge in [-0.15, -0.1) is 0 Å². The standard InChI is InChI=1S/C24H24N2O/c27-24(15-21-16-26-12-10-17(21)11-13-26)20-7-6-19-8-9-22(25-23(19)14-20)18-4-2-1-3-5-18/h1-9,14,17,21H,10-13,15-16H2. The fourth-order valence-electron chi connectivity index (χ4n) is 4.74. The van der Waals surface area contributed by atoms with Crippen molar-refractivity contribution in [2.24, 2.45) is 11.8 Å². The summed E-state index contributed by atoms with van der Waals surface area (Å²) in [5.74, 6) is 1.53. The molecule has 3 aliphatic rings. The van der Waals surface area contributed by atoms with Crippen molar-refractivity contribution in [1.82, 2.24) is 9.88 Å². The third-order valence-electron chi connectivity index (χ3n) is 6.32. The lowest BCUT2D eigenvalue weighted by Crippen LogP contribution is -2.47. The van der Waals surface area contributed by atoms with Gasteiger partial charge in [0.15, 0.2) is 5.78 Å². The normalized spacial score (nSPS) is 24.2. The van der Waals surface area contributed by atoms with Gasteiger partial charge in [-0.3, -0.25) is 4.79 Å². The van der Waals surface area contributed by atoms with Crippen molar-refractivity contribution in [2.45, 2.75) is 19.3 Å². The molecule has 0 radical (unpaired) electrons. The lowest BCUT2D eigenvalue weighted by atomic mass is 9.76. The van der Waals surface area contributed by atoms with E-state index in [0.29, 0.717) is 12.3 Å². The Kier molecular flexibility index (Phi) is 4.25. The molecule has 1 aromatic heterocycles. The van der Waals surface area contributed by atoms with Crippen LogP contribution in [0.15, 0.2) is 60.7 Å². The molecule has 3 fully saturated rings. The summed E-state index contributed by atoms with van der Waals surface area (Å²) in [5, 5.41) is 1.08. The van der Waals surface area contributed by atoms with Gasteiger partial charge in [0.2, 0.25) is 0 Å². The van der Waals surface area contributed by atoms with Gasteiger partial charge in [-0.25, -0.2) is 4.98 Å². The zero-order valence-electron chi connectivity index (χ0n) is 15.5. The molecule has 3 saturated heterocycles. The largest absolute Gasteiger partial charge is 0.303 e. The van der Waals surface area contributed by atoms with Crippen LogP contribution in [-0.4, -0.2) is 35.3 Å². The summed E-state index contributed by atoms with van der Waals surface area (Å²) in [5.41, 5.74) is 3.75. The fourth-order valence-corrected chi connectivity index (χ4v) is 4.74. The van der Waals surface area contributed by atoms with E-state index < -0.39 is 0 Å². The van der Waals surface area contributed by atoms with Gasteiger partial charge in [0.25, 0.3) is 0 Å². The minimum Gasteiger partial charge on any atom is -0.303 e. The van der Waals surface area contributed by atoms with Gasteiger partial charge in [-0.05, 0) is 49.9 Å². The van der Waals surface area contributed by atoms with E-state index >= 15 is 0 Å². The summed E-state index contributed by atoms with van der Waals surface area (Å²) in [6, 6.07) is 20.3. The maximum Gasteiger partial charge on any atom is 0.163 e. The number of piperidine rings is 3. The molecule has 3 aromatic rings. The molecular formula is C24H24N2O. The molecule has 136 valence electrons. The van der Waals surface area contributed by atoms with Crippen molar-refractivity contribution in [3.05, 3.63) is 66.2 Å². The predicted molar refractivity (Wildman–Crippen MR) is 109 cm³/mol. The highest BCUT2D eigenvalue weighted by Crippen LogP contribution is 2.35. The molecule has 0 spiro atoms. The number of rotatable bonds is 4. The van der Waals surface area contributed by atoms with Gasteiger partial charge in [0, 0.05) is 29.5 Å². The number of hydrogen-bond acceptors (Lipinski definition) is 3. The third kappa shape index (κ3) is 3.28. The zero-order valence-corrected chi connectivity index (χ0v) is 15.5. The molecule has 2 aromatic carbocycles. The quantitative estimate of drug-likeness (QED) is 0.629. The summed E-state index contributed by atoms with van der Waals surface area (Å²) in [6.07, 6.45) is 3.19. The van der Waals surface area contributed by atoms with Crippen molar-refractivity contribution in [3.8, 4) is 11.3 Å². The van der Waals surface area contributed by atoms with Gasteiger partial charge in [0.1, 0.15) is 0 Å². The van der Waals surface area contributed by atoms with E-state index in [1.54, 1.807) is 0 Å². The van der Waals surface area contributed by atoms with Crippen LogP contribution in [0, 0.1) is 11.8 Å². The first-order valence-corrected chi connectivity index (χ1v) is 9.98. The van der Waals surface area contributed by atoms with Gasteiger partial charge in [0.05, 0.1) is 11.2 Å². The molecule has 3 heteroatoms. The van der Waals surface area contributed by atoms with E-state index in [9.17, 15) is 4.79 Å². The molecule has 0 amide bonds. The molecule has 1 atom stereocenters. The Labute approximate surface area is 160 Å². The van der Waals surface area contributed by atoms with Gasteiger partial charge >= 0.3 is 0 Å². The van der Waals surface area contributed by atoms with Crippen LogP contribution in [0.3, 0.4) is 0 Å². The van der Waals surface area contributed by atoms with Crippen LogP contribution in [-0.2, 0) is 0 Å². The van der Waals surface area contributed by atoms with Crippen LogP contribution in [0.25, 0.3) is 22.2 Å². The molecule has 27 heavy (non-hydrogen) atoms. The third-order valence-corrected chi connectivity index (χ3v) is 6.32. The lowest BCUT2D eigenvalue weighted by molar-refractivity contribution is 0.0441. The molecular weight excluding hydrogens is 332 g/mol. The van der Waals surface area contributed by atoms with Crippen molar-refractivity contribution >= 4 is 16.7 Å². The molecule has 6 rings (SSSR count). The van der Waals surface area contributed by atoms with Gasteiger partial charge < -0.3 is 4.90 Å². The lowest BCUT2D eigenvalue weighted by Gasteiger charge is -2.44. The Morgan fingerprint density at radius 2 is 1.78 bits per heavy atom. The first kappa shape index (κ1) is 16.6. The van der Waals surface area contributed by atoms with Crippen molar-refractivity contribution in [3.63, 3.8) is 0 Å². The van der Waals surface area contributed by atoms with E-state index in [0.717, 1.165) is 40.2 Å². The Morgan fingerprint density at radius 3 is 2.52 bits per heavy atom. The molecule has 1 unspecified atom stereocenters. The Bertz CT molecular complexity index is 974. The fraction of sp³-hybridized carbons (Fsp3) is 0.333. The van der Waals surface area contributed by atoms with Crippen LogP contribution in [0.5, 0.6) is 0 Å². The number of fused-ring (bicyclic) bond motifs is 4. The SMILES string of the molecule is O=C(CC1CN2CCC1CC2)c1ccc2ccc(-c3ccccc3)nc2c1. The van der Waals surface area contributed by atoms with E-state index in [1.165, 1.54) is 25.9 Å². The number of carbonyl (C=O) groups excluding carboxylic acids is 1. The van der Waals surface area contributed by atoms with Crippen LogP contribution >= 0.6 is 0 Å². The number of hydrogen-bond donors (Lipinski definition) is 0. The van der Waals surface area contributed by atoms with Crippen LogP contribution < -0.4 is 0 Å². The number of ketones is 1. The summed E-state index contributed by atoms with van der Waals surface area (Å²) in [6.45, 7) is 3.54. The topological polar surface area (TPSA) is 33.2 Å². The number of benzene rings is 2. The molecule has 3 nitrogen and oxygen atoms in total. The Balaban J connectivity index is 1.40. The molecule has 0 N–H and O–H groups in total. The van der Waals surface area contributed by atoms with Crippen molar-refractivity contribution in [1.29, 1.82) is 0 Å². The number of nitrogens with zero attached hydrogens (tertiary/aromatic N) is 2. The Morgan fingerprint density at radius 1 is 1.00 bits per heavy atom. The monoisotopic (exact) mass is 356 g/mol. The van der Waals surface area contributed by atoms with Crippen molar-refractivity contribution < 1.29 is 4.79 Å². The highest BCUT2D eigenvalue weighted by molar-refractivity contribution is 5.99. The molecule has 4 heterocycles. The van der Waals surface area contributed by atoms with E-state index in [2.05, 4.69) is 23.1 Å². The second kappa shape index (κ2) is 6.90. The second-order valence-electron chi connectivity index (χ2n) is 8.00. The number of pyridine rings is 1. The molecule has 2 bridgehead atoms. The average molecular weight is 356 g/mol. The number of carbonyl (C=O) groups is 1. The van der Waals surface area contributed by atoms with Gasteiger partial charge in [-0.1, -0.05) is 48.5 Å². The van der Waals surface area contributed by atoms with E-state index in [4.69, 9.17) is 4.98 Å². The maximum atomic E-state index is 12.9. The summed E-state index contributed by atoms with van der Waals surface area (Å²) < 4.78 is 0. The predicted octanol–water partition coefficient (Wildman–Crippen LogP) is 4.82. The number of Topliss-reactive ketones (excluding diaryl/α,β-unsaturated/α-hetero) is 1. The minimum atomic E-state index is 0.266. The van der Waals surface area contributed by atoms with E-state index in [1.807, 2.05) is 42.5 Å². The molecule has 0 aliphatic carbocycles. The maximum absolute atomic E-state index is 12.9.